The molecule has 0 radical (unpaired) electrons. The van der Waals surface area contributed by atoms with Gasteiger partial charge in [0.1, 0.15) is 5.75 Å². The molecule has 1 atom stereocenters. The van der Waals surface area contributed by atoms with E-state index in [1.807, 2.05) is 0 Å². The molecule has 0 unspecified atom stereocenters. The monoisotopic (exact) mass is 428 g/mol. The molecule has 156 valence electrons. The van der Waals surface area contributed by atoms with E-state index in [0.29, 0.717) is 27.8 Å². The fourth-order valence-electron chi connectivity index (χ4n) is 3.45. The summed E-state index contributed by atoms with van der Waals surface area (Å²) in [5.41, 5.74) is 1.45. The number of benzene rings is 2. The molecule has 3 rings (SSSR count). The number of allylic oxidation sites excluding steroid dienone is 1. The summed E-state index contributed by atoms with van der Waals surface area (Å²) >= 11 is 5.94. The van der Waals surface area contributed by atoms with Gasteiger partial charge in [-0.3, -0.25) is 14.5 Å². The van der Waals surface area contributed by atoms with E-state index >= 15 is 0 Å². The van der Waals surface area contributed by atoms with Gasteiger partial charge in [-0.2, -0.15) is 0 Å². The summed E-state index contributed by atoms with van der Waals surface area (Å²) in [5, 5.41) is 3.27. The smallest absolute Gasteiger partial charge is 0.336 e. The lowest BCUT2D eigenvalue weighted by atomic mass is 9.88. The number of nitrogens with zero attached hydrogens (tertiary/aromatic N) is 1. The molecule has 8 heteroatoms. The van der Waals surface area contributed by atoms with E-state index in [1.54, 1.807) is 55.5 Å². The van der Waals surface area contributed by atoms with E-state index < -0.39 is 17.8 Å². The molecule has 7 nitrogen and oxygen atoms in total. The van der Waals surface area contributed by atoms with Crippen molar-refractivity contribution >= 4 is 40.8 Å². The van der Waals surface area contributed by atoms with Gasteiger partial charge in [0, 0.05) is 22.8 Å². The van der Waals surface area contributed by atoms with Crippen LogP contribution in [-0.2, 0) is 19.1 Å². The predicted octanol–water partition coefficient (Wildman–Crippen LogP) is 3.79. The molecule has 30 heavy (non-hydrogen) atoms. The van der Waals surface area contributed by atoms with Crippen LogP contribution in [0.2, 0.25) is 5.02 Å². The highest BCUT2D eigenvalue weighted by molar-refractivity contribution is 6.30. The van der Waals surface area contributed by atoms with Crippen molar-refractivity contribution in [2.45, 2.75) is 13.3 Å². The van der Waals surface area contributed by atoms with Crippen LogP contribution in [0.25, 0.3) is 0 Å². The maximum absolute atomic E-state index is 13.0. The van der Waals surface area contributed by atoms with Crippen LogP contribution in [0.3, 0.4) is 0 Å². The average Bonchev–Trinajstić information content (AvgIpc) is 2.74. The summed E-state index contributed by atoms with van der Waals surface area (Å²) in [6.45, 7) is 1.61. The molecule has 0 saturated heterocycles. The average molecular weight is 429 g/mol. The number of hydrogen-bond acceptors (Lipinski definition) is 5. The number of rotatable bonds is 5. The topological polar surface area (TPSA) is 84.9 Å². The van der Waals surface area contributed by atoms with Gasteiger partial charge in [-0.05, 0) is 43.3 Å². The lowest BCUT2D eigenvalue weighted by Crippen LogP contribution is -2.43. The van der Waals surface area contributed by atoms with Gasteiger partial charge in [0.2, 0.25) is 11.8 Å². The third-order valence-corrected chi connectivity index (χ3v) is 5.13. The molecule has 0 aromatic heterocycles. The van der Waals surface area contributed by atoms with Crippen LogP contribution >= 0.6 is 11.6 Å². The Hall–Kier alpha value is -3.32. The van der Waals surface area contributed by atoms with Gasteiger partial charge in [-0.15, -0.1) is 0 Å². The number of hydrogen-bond donors (Lipinski definition) is 1. The minimum absolute atomic E-state index is 0.124. The molecule has 1 aliphatic rings. The Morgan fingerprint density at radius 1 is 1.10 bits per heavy atom. The maximum Gasteiger partial charge on any atom is 0.336 e. The number of carbonyl (C=O) groups is 3. The fraction of sp³-hybridized carbons (Fsp3) is 0.227. The molecule has 1 heterocycles. The third-order valence-electron chi connectivity index (χ3n) is 4.87. The van der Waals surface area contributed by atoms with Crippen LogP contribution in [-0.4, -0.2) is 32.0 Å². The van der Waals surface area contributed by atoms with Crippen LogP contribution in [0, 0.1) is 5.92 Å². The summed E-state index contributed by atoms with van der Waals surface area (Å²) < 4.78 is 10.2. The van der Waals surface area contributed by atoms with Crippen LogP contribution in [0.1, 0.15) is 13.3 Å². The third kappa shape index (κ3) is 4.16. The first-order valence-electron chi connectivity index (χ1n) is 9.18. The molecule has 0 saturated carbocycles. The maximum atomic E-state index is 13.0. The van der Waals surface area contributed by atoms with Crippen LogP contribution < -0.4 is 15.0 Å². The highest BCUT2D eigenvalue weighted by Crippen LogP contribution is 2.35. The molecule has 2 aromatic rings. The van der Waals surface area contributed by atoms with Crippen molar-refractivity contribution in [3.63, 3.8) is 0 Å². The zero-order valence-electron chi connectivity index (χ0n) is 16.8. The number of amides is 2. The predicted molar refractivity (Wildman–Crippen MR) is 113 cm³/mol. The summed E-state index contributed by atoms with van der Waals surface area (Å²) in [7, 11) is 2.73. The lowest BCUT2D eigenvalue weighted by molar-refractivity contribution is -0.138. The molecule has 1 N–H and O–H groups in total. The van der Waals surface area contributed by atoms with Gasteiger partial charge in [-0.1, -0.05) is 23.7 Å². The van der Waals surface area contributed by atoms with Crippen LogP contribution in [0.4, 0.5) is 11.4 Å². The number of carbonyl (C=O) groups excluding carboxylic acids is 3. The van der Waals surface area contributed by atoms with Crippen LogP contribution in [0.15, 0.2) is 59.8 Å². The summed E-state index contributed by atoms with van der Waals surface area (Å²) in [6.07, 6.45) is -0.189. The first-order chi connectivity index (χ1) is 14.4. The number of methoxy groups -OCH3 is 2. The minimum atomic E-state index is -1.00. The molecule has 2 amide bonds. The Kier molecular flexibility index (Phi) is 6.42. The van der Waals surface area contributed by atoms with E-state index in [2.05, 4.69) is 5.32 Å². The number of ether oxygens (including phenoxy) is 2. The van der Waals surface area contributed by atoms with Crippen molar-refractivity contribution in [1.82, 2.24) is 0 Å². The van der Waals surface area contributed by atoms with Gasteiger partial charge < -0.3 is 14.8 Å². The van der Waals surface area contributed by atoms with E-state index in [1.165, 1.54) is 19.1 Å². The second-order valence-electron chi connectivity index (χ2n) is 6.64. The van der Waals surface area contributed by atoms with Gasteiger partial charge in [0.25, 0.3) is 0 Å². The van der Waals surface area contributed by atoms with Gasteiger partial charge in [0.15, 0.2) is 0 Å². The summed E-state index contributed by atoms with van der Waals surface area (Å²) in [5.74, 6) is -2.01. The first-order valence-corrected chi connectivity index (χ1v) is 9.56. The highest BCUT2D eigenvalue weighted by atomic mass is 35.5. The Bertz CT molecular complexity index is 1020. The first kappa shape index (κ1) is 21.4. The largest absolute Gasteiger partial charge is 0.495 e. The van der Waals surface area contributed by atoms with Crippen molar-refractivity contribution in [3.05, 3.63) is 64.8 Å². The van der Waals surface area contributed by atoms with Gasteiger partial charge in [-0.25, -0.2) is 4.79 Å². The fourth-order valence-corrected chi connectivity index (χ4v) is 3.57. The molecular weight excluding hydrogens is 408 g/mol. The minimum Gasteiger partial charge on any atom is -0.495 e. The molecule has 0 bridgehead atoms. The van der Waals surface area contributed by atoms with Crippen molar-refractivity contribution in [2.75, 3.05) is 24.4 Å². The van der Waals surface area contributed by atoms with Crippen molar-refractivity contribution in [1.29, 1.82) is 0 Å². The molecular formula is C22H21ClN2O5. The number of para-hydroxylation sites is 2. The number of anilines is 2. The van der Waals surface area contributed by atoms with Gasteiger partial charge >= 0.3 is 5.97 Å². The zero-order chi connectivity index (χ0) is 21.8. The van der Waals surface area contributed by atoms with Crippen molar-refractivity contribution in [2.24, 2.45) is 5.92 Å². The molecule has 0 spiro atoms. The number of halogens is 1. The zero-order valence-corrected chi connectivity index (χ0v) is 17.5. The number of nitrogens with one attached hydrogen (secondary N) is 1. The quantitative estimate of drug-likeness (QED) is 0.732. The number of esters is 1. The Morgan fingerprint density at radius 2 is 1.77 bits per heavy atom. The Morgan fingerprint density at radius 3 is 2.40 bits per heavy atom. The van der Waals surface area contributed by atoms with Gasteiger partial charge in [0.05, 0.1) is 31.4 Å². The Balaban J connectivity index is 2.00. The van der Waals surface area contributed by atoms with Crippen LogP contribution in [0.5, 0.6) is 5.75 Å². The summed E-state index contributed by atoms with van der Waals surface area (Å²) in [4.78, 5) is 39.9. The van der Waals surface area contributed by atoms with E-state index in [4.69, 9.17) is 21.1 Å². The lowest BCUT2D eigenvalue weighted by Gasteiger charge is -2.33. The second kappa shape index (κ2) is 9.00. The summed E-state index contributed by atoms with van der Waals surface area (Å²) in [6, 6.07) is 13.5. The van der Waals surface area contributed by atoms with E-state index in [9.17, 15) is 14.4 Å². The van der Waals surface area contributed by atoms with E-state index in [0.717, 1.165) is 0 Å². The molecule has 0 aliphatic carbocycles. The molecule has 0 fully saturated rings. The normalized spacial score (nSPS) is 16.3. The standard InChI is InChI=1S/C22H21ClN2O5/c1-13-20(22(28)30-3)16(21(27)24-17-6-4-5-7-18(17)29-2)12-19(26)25(13)15-10-8-14(23)9-11-15/h4-11,16H,12H2,1-3H3,(H,24,27)/t16-/m0/s1. The van der Waals surface area contributed by atoms with Crippen molar-refractivity contribution < 1.29 is 23.9 Å². The molecule has 2 aromatic carbocycles. The second-order valence-corrected chi connectivity index (χ2v) is 7.08. The molecule has 1 aliphatic heterocycles. The van der Waals surface area contributed by atoms with Crippen molar-refractivity contribution in [3.8, 4) is 5.75 Å². The Labute approximate surface area is 179 Å². The van der Waals surface area contributed by atoms with E-state index in [-0.39, 0.29) is 17.9 Å². The SMILES string of the molecule is COC(=O)C1=C(C)N(c2ccc(Cl)cc2)C(=O)C[C@@H]1C(=O)Nc1ccccc1OC. The highest BCUT2D eigenvalue weighted by Gasteiger charge is 2.40.